The molecule has 0 amide bonds. The lowest BCUT2D eigenvalue weighted by atomic mass is 10.8. The molecular weight excluding hydrogens is 181 g/mol. The maximum atomic E-state index is 11.6. The third-order valence-corrected chi connectivity index (χ3v) is 2.01. The van der Waals surface area contributed by atoms with E-state index < -0.39 is 21.0 Å². The number of hydrogen-bond donors (Lipinski definition) is 0. The molecule has 0 aromatic heterocycles. The molecule has 0 spiro atoms. The van der Waals surface area contributed by atoms with Gasteiger partial charge in [0.2, 0.25) is 0 Å². The molecule has 0 atom stereocenters. The molecule has 0 saturated carbocycles. The van der Waals surface area contributed by atoms with Crippen LogP contribution in [0.25, 0.3) is 0 Å². The van der Waals surface area contributed by atoms with Gasteiger partial charge in [-0.1, -0.05) is 0 Å². The van der Waals surface area contributed by atoms with Crippen molar-refractivity contribution >= 4 is 19.7 Å². The van der Waals surface area contributed by atoms with Gasteiger partial charge >= 0.3 is 14.3 Å². The Morgan fingerprint density at radius 3 is 1.78 bits per heavy atom. The third kappa shape index (κ3) is 2.02. The first-order valence-corrected chi connectivity index (χ1v) is 4.00. The van der Waals surface area contributed by atoms with Crippen molar-refractivity contribution < 1.29 is 21.6 Å². The van der Waals surface area contributed by atoms with Crippen molar-refractivity contribution in [2.24, 2.45) is 0 Å². The summed E-state index contributed by atoms with van der Waals surface area (Å²) in [6.45, 7) is -2.29. The van der Waals surface area contributed by atoms with E-state index in [1.54, 1.807) is 0 Å². The topological polar surface area (TPSA) is 34.1 Å². The van der Waals surface area contributed by atoms with E-state index in [9.17, 15) is 21.6 Å². The molecule has 0 unspecified atom stereocenters. The van der Waals surface area contributed by atoms with Crippen molar-refractivity contribution in [3.05, 3.63) is 0 Å². The van der Waals surface area contributed by atoms with Crippen LogP contribution >= 0.6 is 10.7 Å². The minimum absolute atomic E-state index is 2.29. The van der Waals surface area contributed by atoms with Gasteiger partial charge < -0.3 is 0 Å². The van der Waals surface area contributed by atoms with Crippen molar-refractivity contribution in [3.8, 4) is 0 Å². The third-order valence-electron chi connectivity index (χ3n) is 0.512. The lowest BCUT2D eigenvalue weighted by molar-refractivity contribution is 0.0646. The van der Waals surface area contributed by atoms with Crippen molar-refractivity contribution in [1.29, 1.82) is 0 Å². The zero-order chi connectivity index (χ0) is 7.71. The number of halogens is 4. The molecule has 0 aliphatic carbocycles. The minimum Gasteiger partial charge on any atom is -0.243 e. The largest absolute Gasteiger partial charge is 0.387 e. The summed E-state index contributed by atoms with van der Waals surface area (Å²) in [6, 6.07) is 0. The molecule has 0 aliphatic rings. The second kappa shape index (κ2) is 2.34. The average Bonchev–Trinajstić information content (AvgIpc) is 1.64. The van der Waals surface area contributed by atoms with Crippen LogP contribution in [-0.4, -0.2) is 20.3 Å². The fourth-order valence-electron chi connectivity index (χ4n) is 0.0652. The van der Waals surface area contributed by atoms with E-state index in [0.717, 1.165) is 0 Å². The van der Waals surface area contributed by atoms with Gasteiger partial charge in [-0.2, -0.15) is 8.78 Å². The van der Waals surface area contributed by atoms with Crippen LogP contribution in [-0.2, 0) is 9.05 Å². The van der Waals surface area contributed by atoms with Crippen LogP contribution in [0.15, 0.2) is 0 Å². The van der Waals surface area contributed by atoms with Gasteiger partial charge in [-0.05, 0) is 0 Å². The molecule has 0 heterocycles. The predicted octanol–water partition coefficient (Wildman–Crippen LogP) is 1.12. The van der Waals surface area contributed by atoms with Crippen LogP contribution in [0.5, 0.6) is 0 Å². The highest BCUT2D eigenvalue weighted by molar-refractivity contribution is 8.14. The molecule has 0 aromatic carbocycles. The molecule has 0 aromatic rings. The highest BCUT2D eigenvalue weighted by atomic mass is 35.7. The first kappa shape index (κ1) is 9.03. The highest BCUT2D eigenvalue weighted by Crippen LogP contribution is 2.25. The molecule has 0 N–H and O–H groups in total. The smallest absolute Gasteiger partial charge is 0.243 e. The second-order valence-corrected chi connectivity index (χ2v) is 3.90. The SMILES string of the molecule is O=S(=O)(Cl)C(F)(F)CF. The van der Waals surface area contributed by atoms with E-state index in [1.165, 1.54) is 0 Å². The van der Waals surface area contributed by atoms with E-state index in [-0.39, 0.29) is 0 Å². The summed E-state index contributed by atoms with van der Waals surface area (Å²) in [4.78, 5) is 0. The number of alkyl halides is 3. The molecule has 56 valence electrons. The van der Waals surface area contributed by atoms with E-state index >= 15 is 0 Å². The Labute approximate surface area is 54.0 Å². The van der Waals surface area contributed by atoms with Crippen molar-refractivity contribution in [2.75, 3.05) is 6.67 Å². The molecule has 0 rings (SSSR count). The highest BCUT2D eigenvalue weighted by Gasteiger charge is 2.43. The van der Waals surface area contributed by atoms with E-state index in [2.05, 4.69) is 10.7 Å². The van der Waals surface area contributed by atoms with Crippen molar-refractivity contribution in [2.45, 2.75) is 5.25 Å². The summed E-state index contributed by atoms with van der Waals surface area (Å²) in [7, 11) is -0.981. The molecule has 9 heavy (non-hydrogen) atoms. The summed E-state index contributed by atoms with van der Waals surface area (Å²) in [5.74, 6) is 0. The Kier molecular flexibility index (Phi) is 2.35. The molecule has 2 nitrogen and oxygen atoms in total. The van der Waals surface area contributed by atoms with Crippen LogP contribution in [0.2, 0.25) is 0 Å². The van der Waals surface area contributed by atoms with E-state index in [4.69, 9.17) is 0 Å². The van der Waals surface area contributed by atoms with Crippen LogP contribution in [0.3, 0.4) is 0 Å². The van der Waals surface area contributed by atoms with E-state index in [1.807, 2.05) is 0 Å². The lowest BCUT2D eigenvalue weighted by Gasteiger charge is -2.05. The molecule has 0 saturated heterocycles. The van der Waals surface area contributed by atoms with Gasteiger partial charge in [-0.3, -0.25) is 0 Å². The van der Waals surface area contributed by atoms with Gasteiger partial charge in [-0.15, -0.1) is 0 Å². The Morgan fingerprint density at radius 2 is 1.78 bits per heavy atom. The van der Waals surface area contributed by atoms with Gasteiger partial charge in [0.25, 0.3) is 0 Å². The van der Waals surface area contributed by atoms with Crippen LogP contribution in [0.1, 0.15) is 0 Å². The van der Waals surface area contributed by atoms with E-state index in [0.29, 0.717) is 0 Å². The quantitative estimate of drug-likeness (QED) is 0.600. The van der Waals surface area contributed by atoms with Crippen LogP contribution in [0, 0.1) is 0 Å². The van der Waals surface area contributed by atoms with Crippen molar-refractivity contribution in [3.63, 3.8) is 0 Å². The molecule has 7 heteroatoms. The van der Waals surface area contributed by atoms with Gasteiger partial charge in [0.15, 0.2) is 6.67 Å². The fraction of sp³-hybridized carbons (Fsp3) is 1.00. The first-order chi connectivity index (χ1) is 3.81. The van der Waals surface area contributed by atoms with Crippen LogP contribution < -0.4 is 0 Å². The average molecular weight is 183 g/mol. The minimum atomic E-state index is -5.09. The zero-order valence-corrected chi connectivity index (χ0v) is 5.52. The maximum Gasteiger partial charge on any atom is 0.387 e. The van der Waals surface area contributed by atoms with Crippen LogP contribution in [0.4, 0.5) is 13.2 Å². The molecule has 0 radical (unpaired) electrons. The van der Waals surface area contributed by atoms with Crippen molar-refractivity contribution in [1.82, 2.24) is 0 Å². The van der Waals surface area contributed by atoms with Gasteiger partial charge in [0.05, 0.1) is 0 Å². The van der Waals surface area contributed by atoms with Gasteiger partial charge in [0, 0.05) is 10.7 Å². The predicted molar refractivity (Wildman–Crippen MR) is 25.7 cm³/mol. The molecule has 0 aliphatic heterocycles. The lowest BCUT2D eigenvalue weighted by Crippen LogP contribution is -2.26. The Hall–Kier alpha value is 0.0300. The monoisotopic (exact) mass is 182 g/mol. The first-order valence-electron chi connectivity index (χ1n) is 1.69. The fourth-order valence-corrected chi connectivity index (χ4v) is 0.319. The summed E-state index contributed by atoms with van der Waals surface area (Å²) < 4.78 is 53.5. The number of hydrogen-bond acceptors (Lipinski definition) is 2. The van der Waals surface area contributed by atoms with Gasteiger partial charge in [-0.25, -0.2) is 12.8 Å². The maximum absolute atomic E-state index is 11.6. The molecule has 0 fully saturated rings. The molecule has 0 bridgehead atoms. The summed E-state index contributed by atoms with van der Waals surface area (Å²) in [5.41, 5.74) is 0. The Balaban J connectivity index is 4.56. The Morgan fingerprint density at radius 1 is 1.44 bits per heavy atom. The normalized spacial score (nSPS) is 13.8. The summed E-state index contributed by atoms with van der Waals surface area (Å²) in [5, 5.41) is -4.45. The number of rotatable bonds is 2. The second-order valence-electron chi connectivity index (χ2n) is 1.21. The molecular formula is C2H2ClF3O2S. The summed E-state index contributed by atoms with van der Waals surface area (Å²) in [6.07, 6.45) is 0. The zero-order valence-electron chi connectivity index (χ0n) is 3.94. The van der Waals surface area contributed by atoms with Gasteiger partial charge in [0.1, 0.15) is 0 Å². The summed E-state index contributed by atoms with van der Waals surface area (Å²) >= 11 is 0. The standard InChI is InChI=1S/C2H2ClF3O2S/c3-9(7,8)2(5,6)1-4/h1H2. The Bertz CT molecular complexity index is 186.